The molecule has 0 saturated heterocycles. The lowest BCUT2D eigenvalue weighted by atomic mass is 9.82. The van der Waals surface area contributed by atoms with Gasteiger partial charge in [0.15, 0.2) is 0 Å². The van der Waals surface area contributed by atoms with Gasteiger partial charge in [0.1, 0.15) is 5.75 Å². The second-order valence-electron chi connectivity index (χ2n) is 6.43. The molecule has 1 aromatic carbocycles. The number of ether oxygens (including phenoxy) is 1. The van der Waals surface area contributed by atoms with Crippen LogP contribution in [0.3, 0.4) is 0 Å². The topological polar surface area (TPSA) is 75.6 Å². The lowest BCUT2D eigenvalue weighted by Gasteiger charge is -2.27. The first-order valence-corrected chi connectivity index (χ1v) is 8.34. The van der Waals surface area contributed by atoms with Gasteiger partial charge in [-0.3, -0.25) is 9.59 Å². The summed E-state index contributed by atoms with van der Waals surface area (Å²) in [5.41, 5.74) is 0.887. The lowest BCUT2D eigenvalue weighted by Crippen LogP contribution is -2.39. The van der Waals surface area contributed by atoms with E-state index in [-0.39, 0.29) is 18.1 Å². The first-order chi connectivity index (χ1) is 11.4. The molecule has 5 heteroatoms. The van der Waals surface area contributed by atoms with E-state index in [1.807, 2.05) is 57.2 Å². The largest absolute Gasteiger partial charge is 0.491 e. The number of rotatable bonds is 6. The van der Waals surface area contributed by atoms with E-state index in [1.165, 1.54) is 0 Å². The molecule has 0 radical (unpaired) electrons. The number of carboxylic acid groups (broad SMARTS) is 1. The fraction of sp³-hybridized carbons (Fsp3) is 0.474. The third-order valence-corrected chi connectivity index (χ3v) is 4.19. The van der Waals surface area contributed by atoms with Crippen molar-refractivity contribution in [2.75, 3.05) is 0 Å². The highest BCUT2D eigenvalue weighted by molar-refractivity contribution is 5.85. The smallest absolute Gasteiger partial charge is 0.307 e. The van der Waals surface area contributed by atoms with Crippen molar-refractivity contribution in [3.05, 3.63) is 42.0 Å². The highest BCUT2D eigenvalue weighted by Gasteiger charge is 2.34. The predicted octanol–water partition coefficient (Wildman–Crippen LogP) is 3.32. The minimum absolute atomic E-state index is 0.0360. The average Bonchev–Trinajstić information content (AvgIpc) is 2.54. The van der Waals surface area contributed by atoms with Crippen molar-refractivity contribution in [2.24, 2.45) is 11.8 Å². The molecule has 24 heavy (non-hydrogen) atoms. The van der Waals surface area contributed by atoms with E-state index in [9.17, 15) is 14.7 Å². The fourth-order valence-corrected chi connectivity index (χ4v) is 2.97. The van der Waals surface area contributed by atoms with E-state index in [2.05, 4.69) is 5.32 Å². The molecule has 0 aliphatic heterocycles. The highest BCUT2D eigenvalue weighted by Crippen LogP contribution is 2.29. The van der Waals surface area contributed by atoms with E-state index in [1.54, 1.807) is 0 Å². The van der Waals surface area contributed by atoms with Crippen molar-refractivity contribution in [1.29, 1.82) is 0 Å². The summed E-state index contributed by atoms with van der Waals surface area (Å²) in [5, 5.41) is 12.3. The molecule has 0 unspecified atom stereocenters. The summed E-state index contributed by atoms with van der Waals surface area (Å²) in [6.45, 7) is 5.78. The molecular formula is C19H25NO4. The van der Waals surface area contributed by atoms with Gasteiger partial charge in [-0.1, -0.05) is 30.4 Å². The molecule has 5 nitrogen and oxygen atoms in total. The molecule has 2 N–H and O–H groups in total. The van der Waals surface area contributed by atoms with Gasteiger partial charge < -0.3 is 15.2 Å². The molecule has 1 amide bonds. The van der Waals surface area contributed by atoms with Crippen LogP contribution in [0.15, 0.2) is 36.4 Å². The van der Waals surface area contributed by atoms with E-state index < -0.39 is 17.8 Å². The number of aliphatic carboxylic acids is 1. The van der Waals surface area contributed by atoms with Gasteiger partial charge in [0.05, 0.1) is 24.0 Å². The number of allylic oxidation sites excluding steroid dienone is 2. The number of hydrogen-bond acceptors (Lipinski definition) is 3. The Labute approximate surface area is 142 Å². The Kier molecular flexibility index (Phi) is 6.01. The minimum Gasteiger partial charge on any atom is -0.491 e. The Morgan fingerprint density at radius 3 is 2.38 bits per heavy atom. The predicted molar refractivity (Wildman–Crippen MR) is 91.8 cm³/mol. The maximum atomic E-state index is 12.6. The number of nitrogens with one attached hydrogen (secondary N) is 1. The number of carbonyl (C=O) groups excluding carboxylic acids is 1. The van der Waals surface area contributed by atoms with E-state index >= 15 is 0 Å². The molecule has 0 fully saturated rings. The molecule has 0 spiro atoms. The van der Waals surface area contributed by atoms with Gasteiger partial charge in [-0.15, -0.1) is 0 Å². The van der Waals surface area contributed by atoms with Crippen molar-refractivity contribution >= 4 is 11.9 Å². The molecule has 0 bridgehead atoms. The molecular weight excluding hydrogens is 306 g/mol. The SMILES string of the molecule is CC(C)Oc1ccccc1[C@H](C)NC(=O)[C@@H]1CC=CC[C@H]1C(=O)O. The summed E-state index contributed by atoms with van der Waals surface area (Å²) in [4.78, 5) is 23.9. The summed E-state index contributed by atoms with van der Waals surface area (Å²) >= 11 is 0. The summed E-state index contributed by atoms with van der Waals surface area (Å²) in [6, 6.07) is 7.32. The molecule has 1 aromatic rings. The van der Waals surface area contributed by atoms with Crippen LogP contribution in [-0.4, -0.2) is 23.1 Å². The van der Waals surface area contributed by atoms with Crippen LogP contribution in [0, 0.1) is 11.8 Å². The van der Waals surface area contributed by atoms with Gasteiger partial charge >= 0.3 is 5.97 Å². The Hall–Kier alpha value is -2.30. The second kappa shape index (κ2) is 7.99. The van der Waals surface area contributed by atoms with Crippen LogP contribution in [0.5, 0.6) is 5.75 Å². The third-order valence-electron chi connectivity index (χ3n) is 4.19. The molecule has 1 aliphatic carbocycles. The summed E-state index contributed by atoms with van der Waals surface area (Å²) in [6.07, 6.45) is 4.60. The van der Waals surface area contributed by atoms with Gasteiger partial charge in [-0.2, -0.15) is 0 Å². The third kappa shape index (κ3) is 4.37. The zero-order valence-corrected chi connectivity index (χ0v) is 14.4. The van der Waals surface area contributed by atoms with Crippen molar-refractivity contribution in [1.82, 2.24) is 5.32 Å². The van der Waals surface area contributed by atoms with Crippen LogP contribution in [-0.2, 0) is 9.59 Å². The standard InChI is InChI=1S/C19H25NO4/c1-12(2)24-17-11-7-6-8-14(17)13(3)20-18(21)15-9-4-5-10-16(15)19(22)23/h4-8,11-13,15-16H,9-10H2,1-3H3,(H,20,21)(H,22,23)/t13-,15+,16+/m0/s1. The summed E-state index contributed by atoms with van der Waals surface area (Å²) in [5.74, 6) is -1.61. The Morgan fingerprint density at radius 2 is 1.75 bits per heavy atom. The fourth-order valence-electron chi connectivity index (χ4n) is 2.97. The Bertz CT molecular complexity index is 624. The van der Waals surface area contributed by atoms with Crippen LogP contribution < -0.4 is 10.1 Å². The first-order valence-electron chi connectivity index (χ1n) is 8.34. The zero-order valence-electron chi connectivity index (χ0n) is 14.4. The van der Waals surface area contributed by atoms with Gasteiger partial charge in [-0.25, -0.2) is 0 Å². The first kappa shape index (κ1) is 18.0. The Balaban J connectivity index is 2.11. The van der Waals surface area contributed by atoms with Crippen LogP contribution in [0.25, 0.3) is 0 Å². The van der Waals surface area contributed by atoms with Gasteiger partial charge in [0.2, 0.25) is 5.91 Å². The number of hydrogen-bond donors (Lipinski definition) is 2. The van der Waals surface area contributed by atoms with Gasteiger partial charge in [0.25, 0.3) is 0 Å². The molecule has 0 aromatic heterocycles. The molecule has 3 atom stereocenters. The summed E-state index contributed by atoms with van der Waals surface area (Å²) < 4.78 is 5.80. The molecule has 0 saturated carbocycles. The maximum Gasteiger partial charge on any atom is 0.307 e. The molecule has 130 valence electrons. The van der Waals surface area contributed by atoms with Crippen molar-refractivity contribution in [3.63, 3.8) is 0 Å². The average molecular weight is 331 g/mol. The maximum absolute atomic E-state index is 12.6. The number of para-hydroxylation sites is 1. The van der Waals surface area contributed by atoms with Gasteiger partial charge in [-0.05, 0) is 39.7 Å². The van der Waals surface area contributed by atoms with Crippen molar-refractivity contribution in [3.8, 4) is 5.75 Å². The van der Waals surface area contributed by atoms with Crippen LogP contribution in [0.1, 0.15) is 45.2 Å². The second-order valence-corrected chi connectivity index (χ2v) is 6.43. The normalized spacial score (nSPS) is 21.3. The quantitative estimate of drug-likeness (QED) is 0.784. The van der Waals surface area contributed by atoms with E-state index in [0.29, 0.717) is 12.8 Å². The number of amides is 1. The van der Waals surface area contributed by atoms with Crippen molar-refractivity contribution in [2.45, 2.75) is 45.8 Å². The van der Waals surface area contributed by atoms with E-state index in [4.69, 9.17) is 4.74 Å². The minimum atomic E-state index is -0.921. The van der Waals surface area contributed by atoms with E-state index in [0.717, 1.165) is 11.3 Å². The van der Waals surface area contributed by atoms with Crippen LogP contribution in [0.4, 0.5) is 0 Å². The zero-order chi connectivity index (χ0) is 17.7. The highest BCUT2D eigenvalue weighted by atomic mass is 16.5. The number of carbonyl (C=O) groups is 2. The monoisotopic (exact) mass is 331 g/mol. The van der Waals surface area contributed by atoms with Crippen LogP contribution in [0.2, 0.25) is 0 Å². The molecule has 0 heterocycles. The lowest BCUT2D eigenvalue weighted by molar-refractivity contribution is -0.147. The Morgan fingerprint density at radius 1 is 1.12 bits per heavy atom. The number of carboxylic acids is 1. The van der Waals surface area contributed by atoms with Gasteiger partial charge in [0, 0.05) is 5.56 Å². The van der Waals surface area contributed by atoms with Crippen molar-refractivity contribution < 1.29 is 19.4 Å². The summed E-state index contributed by atoms with van der Waals surface area (Å²) in [7, 11) is 0. The van der Waals surface area contributed by atoms with Crippen LogP contribution >= 0.6 is 0 Å². The molecule has 2 rings (SSSR count). The molecule has 1 aliphatic rings. The number of benzene rings is 1.